The number of carbonyl (C=O) groups excluding carboxylic acids is 2. The van der Waals surface area contributed by atoms with Crippen LogP contribution in [0.2, 0.25) is 0 Å². The van der Waals surface area contributed by atoms with Crippen molar-refractivity contribution in [2.45, 2.75) is 39.3 Å². The van der Waals surface area contributed by atoms with Gasteiger partial charge in [0.2, 0.25) is 11.8 Å². The summed E-state index contributed by atoms with van der Waals surface area (Å²) in [5, 5.41) is 3.98. The molecule has 0 spiro atoms. The third kappa shape index (κ3) is 6.75. The minimum absolute atomic E-state index is 0.0580. The van der Waals surface area contributed by atoms with Gasteiger partial charge in [0, 0.05) is 25.7 Å². The number of para-hydroxylation sites is 1. The van der Waals surface area contributed by atoms with Gasteiger partial charge in [-0.15, -0.1) is 11.3 Å². The lowest BCUT2D eigenvalue weighted by Gasteiger charge is -2.25. The molecule has 2 aromatic rings. The minimum Gasteiger partial charge on any atom is -0.350 e. The van der Waals surface area contributed by atoms with Crippen LogP contribution in [0.1, 0.15) is 32.2 Å². The van der Waals surface area contributed by atoms with E-state index in [1.54, 1.807) is 16.2 Å². The van der Waals surface area contributed by atoms with Crippen LogP contribution in [0.15, 0.2) is 24.3 Å². The molecule has 164 valence electrons. The fourth-order valence-corrected chi connectivity index (χ4v) is 4.61. The van der Waals surface area contributed by atoms with E-state index in [1.807, 2.05) is 46.0 Å². The standard InChI is InChI=1S/C22H33N5O2S/c1-22(2,3)24-19(28)14-26-10-7-11-27(13-12-26)16-21(29)25(4)15-20-23-17-8-5-6-9-18(17)30-20/h5-6,8-9H,7,10-16H2,1-4H3,(H,24,28). The average Bonchev–Trinajstić information content (AvgIpc) is 2.93. The van der Waals surface area contributed by atoms with Gasteiger partial charge in [-0.2, -0.15) is 0 Å². The highest BCUT2D eigenvalue weighted by Gasteiger charge is 2.22. The molecule has 1 aliphatic rings. The Kier molecular flexibility index (Phi) is 7.44. The Morgan fingerprint density at radius 2 is 1.77 bits per heavy atom. The number of carbonyl (C=O) groups is 2. The Morgan fingerprint density at radius 1 is 1.10 bits per heavy atom. The second kappa shape index (κ2) is 9.85. The molecule has 1 aromatic carbocycles. The Labute approximate surface area is 183 Å². The smallest absolute Gasteiger partial charge is 0.236 e. The number of hydrogen-bond acceptors (Lipinski definition) is 6. The lowest BCUT2D eigenvalue weighted by molar-refractivity contribution is -0.131. The molecule has 3 rings (SSSR count). The molecule has 2 amide bonds. The van der Waals surface area contributed by atoms with E-state index in [1.165, 1.54) is 0 Å². The van der Waals surface area contributed by atoms with Gasteiger partial charge < -0.3 is 10.2 Å². The van der Waals surface area contributed by atoms with Crippen LogP contribution in [0.25, 0.3) is 10.2 Å². The number of rotatable bonds is 6. The summed E-state index contributed by atoms with van der Waals surface area (Å²) in [5.41, 5.74) is 0.774. The number of nitrogens with zero attached hydrogens (tertiary/aromatic N) is 4. The van der Waals surface area contributed by atoms with E-state index in [9.17, 15) is 9.59 Å². The lowest BCUT2D eigenvalue weighted by atomic mass is 10.1. The topological polar surface area (TPSA) is 68.8 Å². The van der Waals surface area contributed by atoms with E-state index >= 15 is 0 Å². The molecule has 1 N–H and O–H groups in total. The second-order valence-electron chi connectivity index (χ2n) is 9.03. The Balaban J connectivity index is 1.46. The first kappa shape index (κ1) is 22.7. The molecular weight excluding hydrogens is 398 g/mol. The second-order valence-corrected chi connectivity index (χ2v) is 10.1. The van der Waals surface area contributed by atoms with Crippen molar-refractivity contribution in [3.63, 3.8) is 0 Å². The summed E-state index contributed by atoms with van der Waals surface area (Å²) in [5.74, 6) is 0.163. The summed E-state index contributed by atoms with van der Waals surface area (Å²) in [6, 6.07) is 8.05. The predicted molar refractivity (Wildman–Crippen MR) is 121 cm³/mol. The van der Waals surface area contributed by atoms with Crippen molar-refractivity contribution in [3.05, 3.63) is 29.3 Å². The number of thiazole rings is 1. The highest BCUT2D eigenvalue weighted by molar-refractivity contribution is 7.18. The summed E-state index contributed by atoms with van der Waals surface area (Å²) in [6.07, 6.45) is 0.956. The largest absolute Gasteiger partial charge is 0.350 e. The molecule has 0 bridgehead atoms. The minimum atomic E-state index is -0.213. The third-order valence-corrected chi connectivity index (χ3v) is 6.08. The SMILES string of the molecule is CN(Cc1nc2ccccc2s1)C(=O)CN1CCCN(CC(=O)NC(C)(C)C)CC1. The third-order valence-electron chi connectivity index (χ3n) is 5.06. The zero-order chi connectivity index (χ0) is 21.7. The number of hydrogen-bond donors (Lipinski definition) is 1. The van der Waals surface area contributed by atoms with Gasteiger partial charge >= 0.3 is 0 Å². The predicted octanol–water partition coefficient (Wildman–Crippen LogP) is 2.18. The van der Waals surface area contributed by atoms with E-state index in [2.05, 4.69) is 26.2 Å². The molecule has 1 aliphatic heterocycles. The summed E-state index contributed by atoms with van der Waals surface area (Å²) >= 11 is 1.64. The van der Waals surface area contributed by atoms with Crippen molar-refractivity contribution in [3.8, 4) is 0 Å². The van der Waals surface area contributed by atoms with Crippen LogP contribution < -0.4 is 5.32 Å². The van der Waals surface area contributed by atoms with Crippen LogP contribution in [-0.2, 0) is 16.1 Å². The summed E-state index contributed by atoms with van der Waals surface area (Å²) in [7, 11) is 1.84. The normalized spacial score (nSPS) is 16.4. The van der Waals surface area contributed by atoms with E-state index in [-0.39, 0.29) is 17.4 Å². The molecule has 0 aliphatic carbocycles. The maximum absolute atomic E-state index is 12.7. The van der Waals surface area contributed by atoms with Crippen LogP contribution in [0, 0.1) is 0 Å². The highest BCUT2D eigenvalue weighted by Crippen LogP contribution is 2.22. The van der Waals surface area contributed by atoms with Gasteiger partial charge in [-0.25, -0.2) is 4.98 Å². The first-order valence-corrected chi connectivity index (χ1v) is 11.4. The number of benzene rings is 1. The summed E-state index contributed by atoms with van der Waals surface area (Å²) in [6.45, 7) is 10.7. The van der Waals surface area contributed by atoms with Crippen molar-refractivity contribution < 1.29 is 9.59 Å². The molecule has 8 heteroatoms. The Bertz CT molecular complexity index is 843. The molecule has 1 fully saturated rings. The summed E-state index contributed by atoms with van der Waals surface area (Å²) in [4.78, 5) is 35.7. The van der Waals surface area contributed by atoms with Gasteiger partial charge in [-0.3, -0.25) is 19.4 Å². The fraction of sp³-hybridized carbons (Fsp3) is 0.591. The van der Waals surface area contributed by atoms with E-state index in [4.69, 9.17) is 0 Å². The molecule has 0 radical (unpaired) electrons. The zero-order valence-electron chi connectivity index (χ0n) is 18.5. The summed E-state index contributed by atoms with van der Waals surface area (Å²) < 4.78 is 1.15. The average molecular weight is 432 g/mol. The van der Waals surface area contributed by atoms with Gasteiger partial charge in [0.25, 0.3) is 0 Å². The first-order chi connectivity index (χ1) is 14.2. The molecular formula is C22H33N5O2S. The number of fused-ring (bicyclic) bond motifs is 1. The van der Waals surface area contributed by atoms with Crippen LogP contribution in [0.3, 0.4) is 0 Å². The fourth-order valence-electron chi connectivity index (χ4n) is 3.59. The van der Waals surface area contributed by atoms with Crippen molar-refractivity contribution >= 4 is 33.4 Å². The quantitative estimate of drug-likeness (QED) is 0.759. The number of aromatic nitrogens is 1. The first-order valence-electron chi connectivity index (χ1n) is 10.5. The van der Waals surface area contributed by atoms with Gasteiger partial charge in [0.05, 0.1) is 29.9 Å². The van der Waals surface area contributed by atoms with Crippen molar-refractivity contribution in [1.29, 1.82) is 0 Å². The Hall–Kier alpha value is -2.03. The number of amides is 2. The van der Waals surface area contributed by atoms with Gasteiger partial charge in [-0.1, -0.05) is 12.1 Å². The Morgan fingerprint density at radius 3 is 2.43 bits per heavy atom. The van der Waals surface area contributed by atoms with Crippen LogP contribution in [0.5, 0.6) is 0 Å². The molecule has 0 saturated carbocycles. The zero-order valence-corrected chi connectivity index (χ0v) is 19.3. The van der Waals surface area contributed by atoms with E-state index < -0.39 is 0 Å². The molecule has 30 heavy (non-hydrogen) atoms. The molecule has 7 nitrogen and oxygen atoms in total. The van der Waals surface area contributed by atoms with E-state index in [0.717, 1.165) is 47.8 Å². The maximum Gasteiger partial charge on any atom is 0.236 e. The van der Waals surface area contributed by atoms with Crippen LogP contribution in [0.4, 0.5) is 0 Å². The maximum atomic E-state index is 12.7. The molecule has 0 atom stereocenters. The van der Waals surface area contributed by atoms with Crippen molar-refractivity contribution in [2.24, 2.45) is 0 Å². The monoisotopic (exact) mass is 431 g/mol. The number of likely N-dealkylation sites (N-methyl/N-ethyl adjacent to an activating group) is 1. The number of nitrogens with one attached hydrogen (secondary N) is 1. The molecule has 0 unspecified atom stereocenters. The van der Waals surface area contributed by atoms with Crippen molar-refractivity contribution in [2.75, 3.05) is 46.3 Å². The molecule has 2 heterocycles. The molecule has 1 saturated heterocycles. The van der Waals surface area contributed by atoms with Crippen molar-refractivity contribution in [1.82, 2.24) is 25.0 Å². The van der Waals surface area contributed by atoms with Crippen LogP contribution in [-0.4, -0.2) is 83.4 Å². The van der Waals surface area contributed by atoms with Gasteiger partial charge in [0.15, 0.2) is 0 Å². The molecule has 1 aromatic heterocycles. The lowest BCUT2D eigenvalue weighted by Crippen LogP contribution is -2.46. The highest BCUT2D eigenvalue weighted by atomic mass is 32.1. The van der Waals surface area contributed by atoms with Gasteiger partial charge in [0.1, 0.15) is 5.01 Å². The van der Waals surface area contributed by atoms with Gasteiger partial charge in [-0.05, 0) is 52.4 Å². The van der Waals surface area contributed by atoms with Crippen LogP contribution >= 0.6 is 11.3 Å². The van der Waals surface area contributed by atoms with E-state index in [0.29, 0.717) is 19.6 Å².